The van der Waals surface area contributed by atoms with Crippen LogP contribution < -0.4 is 19.6 Å². The summed E-state index contributed by atoms with van der Waals surface area (Å²) in [5, 5.41) is 1.22. The van der Waals surface area contributed by atoms with Crippen LogP contribution in [0.1, 0.15) is 30.9 Å². The summed E-state index contributed by atoms with van der Waals surface area (Å²) in [6.07, 6.45) is 4.05. The van der Waals surface area contributed by atoms with E-state index in [1.54, 1.807) is 0 Å². The van der Waals surface area contributed by atoms with Gasteiger partial charge in [-0.25, -0.2) is 0 Å². The van der Waals surface area contributed by atoms with Gasteiger partial charge in [-0.3, -0.25) is 4.79 Å². The van der Waals surface area contributed by atoms with E-state index in [0.29, 0.717) is 52.9 Å². The summed E-state index contributed by atoms with van der Waals surface area (Å²) in [5.74, 6) is 2.06. The Hall–Kier alpha value is -3.44. The molecule has 0 bridgehead atoms. The van der Waals surface area contributed by atoms with Crippen molar-refractivity contribution in [2.75, 3.05) is 13.2 Å². The van der Waals surface area contributed by atoms with Gasteiger partial charge < -0.3 is 18.6 Å². The second-order valence-corrected chi connectivity index (χ2v) is 8.75. The van der Waals surface area contributed by atoms with Gasteiger partial charge >= 0.3 is 0 Å². The normalized spacial score (nSPS) is 13.0. The van der Waals surface area contributed by atoms with Gasteiger partial charge in [0.15, 0.2) is 11.5 Å². The molecule has 0 fully saturated rings. The van der Waals surface area contributed by atoms with E-state index in [9.17, 15) is 4.79 Å². The number of hydrogen-bond donors (Lipinski definition) is 0. The Morgan fingerprint density at radius 2 is 1.76 bits per heavy atom. The first kappa shape index (κ1) is 22.4. The minimum atomic E-state index is -0.0858. The van der Waals surface area contributed by atoms with Gasteiger partial charge in [-0.15, -0.1) is 0 Å². The van der Waals surface area contributed by atoms with Crippen LogP contribution in [-0.4, -0.2) is 13.2 Å². The van der Waals surface area contributed by atoms with Crippen LogP contribution in [-0.2, 0) is 13.0 Å². The molecule has 0 radical (unpaired) electrons. The van der Waals surface area contributed by atoms with Crippen LogP contribution in [0, 0.1) is 0 Å². The standard InChI is InChI=1S/C28H25ClO5/c1-2-4-20-13-22-26(15-25(20)33-16-18-5-8-21(29)9-6-18)34-17-23(28(22)30)19-7-10-24-27(14-19)32-12-3-11-31-24/h5-10,13-15,17H,2-4,11-12,16H2,1H3. The molecule has 0 unspecified atom stereocenters. The van der Waals surface area contributed by atoms with Crippen molar-refractivity contribution >= 4 is 22.6 Å². The molecular formula is C28H25ClO5. The molecule has 6 heteroatoms. The number of hydrogen-bond acceptors (Lipinski definition) is 5. The average molecular weight is 477 g/mol. The van der Waals surface area contributed by atoms with E-state index in [0.717, 1.165) is 41.7 Å². The highest BCUT2D eigenvalue weighted by atomic mass is 35.5. The Morgan fingerprint density at radius 3 is 2.56 bits per heavy atom. The Bertz CT molecular complexity index is 1370. The summed E-state index contributed by atoms with van der Waals surface area (Å²) in [5.41, 5.74) is 3.62. The van der Waals surface area contributed by atoms with Crippen molar-refractivity contribution in [3.05, 3.63) is 87.2 Å². The molecule has 2 heterocycles. The van der Waals surface area contributed by atoms with Gasteiger partial charge in [-0.1, -0.05) is 43.1 Å². The number of aryl methyl sites for hydroxylation is 1. The molecule has 4 aromatic rings. The molecule has 34 heavy (non-hydrogen) atoms. The highest BCUT2D eigenvalue weighted by Gasteiger charge is 2.17. The third kappa shape index (κ3) is 4.62. The maximum absolute atomic E-state index is 13.5. The first-order chi connectivity index (χ1) is 16.6. The van der Waals surface area contributed by atoms with Crippen LogP contribution >= 0.6 is 11.6 Å². The molecule has 0 N–H and O–H groups in total. The zero-order valence-electron chi connectivity index (χ0n) is 18.9. The molecule has 0 amide bonds. The third-order valence-corrected chi connectivity index (χ3v) is 6.09. The van der Waals surface area contributed by atoms with Gasteiger partial charge in [0.1, 0.15) is 24.2 Å². The van der Waals surface area contributed by atoms with Gasteiger partial charge in [-0.05, 0) is 53.4 Å². The van der Waals surface area contributed by atoms with Gasteiger partial charge in [-0.2, -0.15) is 0 Å². The lowest BCUT2D eigenvalue weighted by molar-refractivity contribution is 0.297. The van der Waals surface area contributed by atoms with Crippen LogP contribution in [0.2, 0.25) is 5.02 Å². The topological polar surface area (TPSA) is 57.9 Å². The number of fused-ring (bicyclic) bond motifs is 2. The lowest BCUT2D eigenvalue weighted by Gasteiger charge is -2.13. The molecule has 0 aliphatic carbocycles. The first-order valence-corrected chi connectivity index (χ1v) is 11.9. The van der Waals surface area contributed by atoms with Crippen LogP contribution in [0.25, 0.3) is 22.1 Å². The van der Waals surface area contributed by atoms with Crippen molar-refractivity contribution in [3.8, 4) is 28.4 Å². The van der Waals surface area contributed by atoms with Gasteiger partial charge in [0.2, 0.25) is 5.43 Å². The second-order valence-electron chi connectivity index (χ2n) is 8.31. The van der Waals surface area contributed by atoms with Crippen LogP contribution in [0.5, 0.6) is 17.2 Å². The molecule has 0 saturated carbocycles. The average Bonchev–Trinajstić information content (AvgIpc) is 3.09. The highest BCUT2D eigenvalue weighted by Crippen LogP contribution is 2.34. The maximum Gasteiger partial charge on any atom is 0.200 e. The Kier molecular flexibility index (Phi) is 6.45. The minimum Gasteiger partial charge on any atom is -0.490 e. The highest BCUT2D eigenvalue weighted by molar-refractivity contribution is 6.30. The van der Waals surface area contributed by atoms with E-state index in [1.165, 1.54) is 6.26 Å². The number of halogens is 1. The molecular weight excluding hydrogens is 452 g/mol. The van der Waals surface area contributed by atoms with E-state index in [4.69, 9.17) is 30.2 Å². The van der Waals surface area contributed by atoms with Crippen molar-refractivity contribution in [1.82, 2.24) is 0 Å². The van der Waals surface area contributed by atoms with Crippen molar-refractivity contribution in [3.63, 3.8) is 0 Å². The summed E-state index contributed by atoms with van der Waals surface area (Å²) in [7, 11) is 0. The Labute approximate surface area is 202 Å². The molecule has 0 atom stereocenters. The summed E-state index contributed by atoms with van der Waals surface area (Å²) in [6.45, 7) is 3.71. The Balaban J connectivity index is 1.50. The molecule has 1 aromatic heterocycles. The van der Waals surface area contributed by atoms with Crippen LogP contribution in [0.3, 0.4) is 0 Å². The van der Waals surface area contributed by atoms with Crippen molar-refractivity contribution in [2.45, 2.75) is 32.8 Å². The van der Waals surface area contributed by atoms with E-state index in [-0.39, 0.29) is 5.43 Å². The van der Waals surface area contributed by atoms with Crippen molar-refractivity contribution in [1.29, 1.82) is 0 Å². The van der Waals surface area contributed by atoms with E-state index in [1.807, 2.05) is 54.6 Å². The summed E-state index contributed by atoms with van der Waals surface area (Å²) in [4.78, 5) is 13.5. The monoisotopic (exact) mass is 476 g/mol. The fourth-order valence-electron chi connectivity index (χ4n) is 4.07. The molecule has 3 aromatic carbocycles. The molecule has 174 valence electrons. The Morgan fingerprint density at radius 1 is 0.971 bits per heavy atom. The molecule has 0 spiro atoms. The summed E-state index contributed by atoms with van der Waals surface area (Å²) >= 11 is 5.98. The minimum absolute atomic E-state index is 0.0858. The zero-order chi connectivity index (χ0) is 23.5. The predicted molar refractivity (Wildman–Crippen MR) is 133 cm³/mol. The summed E-state index contributed by atoms with van der Waals surface area (Å²) < 4.78 is 23.5. The molecule has 5 rings (SSSR count). The predicted octanol–water partition coefficient (Wildman–Crippen LogP) is 6.81. The van der Waals surface area contributed by atoms with Gasteiger partial charge in [0.25, 0.3) is 0 Å². The van der Waals surface area contributed by atoms with Gasteiger partial charge in [0.05, 0.1) is 24.2 Å². The molecule has 5 nitrogen and oxygen atoms in total. The second kappa shape index (κ2) is 9.82. The molecule has 0 saturated heterocycles. The van der Waals surface area contributed by atoms with E-state index >= 15 is 0 Å². The fraction of sp³-hybridized carbons (Fsp3) is 0.250. The number of benzene rings is 3. The van der Waals surface area contributed by atoms with Crippen LogP contribution in [0.4, 0.5) is 0 Å². The SMILES string of the molecule is CCCc1cc2c(=O)c(-c3ccc4c(c3)OCCCO4)coc2cc1OCc1ccc(Cl)cc1. The third-order valence-electron chi connectivity index (χ3n) is 5.84. The quantitative estimate of drug-likeness (QED) is 0.306. The van der Waals surface area contributed by atoms with E-state index < -0.39 is 0 Å². The summed E-state index contributed by atoms with van der Waals surface area (Å²) in [6, 6.07) is 16.8. The van der Waals surface area contributed by atoms with Crippen LogP contribution in [0.15, 0.2) is 70.1 Å². The maximum atomic E-state index is 13.5. The van der Waals surface area contributed by atoms with Crippen molar-refractivity contribution in [2.24, 2.45) is 0 Å². The van der Waals surface area contributed by atoms with E-state index in [2.05, 4.69) is 6.92 Å². The fourth-order valence-corrected chi connectivity index (χ4v) is 4.20. The smallest absolute Gasteiger partial charge is 0.200 e. The largest absolute Gasteiger partial charge is 0.490 e. The number of ether oxygens (including phenoxy) is 3. The number of rotatable bonds is 6. The lowest BCUT2D eigenvalue weighted by Crippen LogP contribution is -2.07. The van der Waals surface area contributed by atoms with Crippen molar-refractivity contribution < 1.29 is 18.6 Å². The van der Waals surface area contributed by atoms with Gasteiger partial charge in [0, 0.05) is 17.5 Å². The zero-order valence-corrected chi connectivity index (χ0v) is 19.7. The molecule has 1 aliphatic heterocycles. The first-order valence-electron chi connectivity index (χ1n) is 11.5. The lowest BCUT2D eigenvalue weighted by atomic mass is 10.0. The molecule has 1 aliphatic rings.